The molecular weight excluding hydrogens is 255 g/mol. The minimum atomic E-state index is -0.400. The molecule has 1 heterocycles. The molecule has 0 amide bonds. The van der Waals surface area contributed by atoms with Gasteiger partial charge in [-0.15, -0.1) is 0 Å². The Kier molecular flexibility index (Phi) is 4.52. The molecule has 4 nitrogen and oxygen atoms in total. The second-order valence-electron chi connectivity index (χ2n) is 4.85. The molecule has 0 aliphatic rings. The van der Waals surface area contributed by atoms with E-state index in [9.17, 15) is 4.39 Å². The van der Waals surface area contributed by atoms with Gasteiger partial charge in [0.25, 0.3) is 0 Å². The Morgan fingerprint density at radius 1 is 1.35 bits per heavy atom. The van der Waals surface area contributed by atoms with Crippen LogP contribution in [-0.2, 0) is 13.0 Å². The molecule has 0 spiro atoms. The summed E-state index contributed by atoms with van der Waals surface area (Å²) < 4.78 is 16.0. The first-order valence-electron chi connectivity index (χ1n) is 6.89. The summed E-state index contributed by atoms with van der Waals surface area (Å²) in [5.41, 5.74) is 6.13. The van der Waals surface area contributed by atoms with E-state index in [1.165, 1.54) is 6.07 Å². The molecule has 20 heavy (non-hydrogen) atoms. The second-order valence-corrected chi connectivity index (χ2v) is 4.85. The number of aryl methyl sites for hydroxylation is 3. The Morgan fingerprint density at radius 2 is 2.10 bits per heavy atom. The molecule has 2 aromatic rings. The molecule has 1 aromatic heterocycles. The minimum absolute atomic E-state index is 0.263. The number of benzene rings is 1. The molecule has 1 aromatic carbocycles. The van der Waals surface area contributed by atoms with E-state index in [0.717, 1.165) is 29.9 Å². The number of rotatable bonds is 5. The van der Waals surface area contributed by atoms with Gasteiger partial charge in [0.05, 0.1) is 17.4 Å². The highest BCUT2D eigenvalue weighted by Gasteiger charge is 2.21. The first-order chi connectivity index (χ1) is 9.60. The molecule has 0 radical (unpaired) electrons. The average Bonchev–Trinajstić information content (AvgIpc) is 2.87. The van der Waals surface area contributed by atoms with Crippen LogP contribution in [-0.4, -0.2) is 9.78 Å². The molecule has 1 atom stereocenters. The predicted octanol–water partition coefficient (Wildman–Crippen LogP) is 2.47. The van der Waals surface area contributed by atoms with E-state index in [-0.39, 0.29) is 5.82 Å². The molecule has 0 fully saturated rings. The lowest BCUT2D eigenvalue weighted by Crippen LogP contribution is -2.31. The number of aromatic nitrogens is 2. The zero-order chi connectivity index (χ0) is 14.7. The molecule has 108 valence electrons. The summed E-state index contributed by atoms with van der Waals surface area (Å²) in [6.07, 6.45) is 0.841. The summed E-state index contributed by atoms with van der Waals surface area (Å²) in [5.74, 6) is 5.41. The quantitative estimate of drug-likeness (QED) is 0.651. The topological polar surface area (TPSA) is 55.9 Å². The van der Waals surface area contributed by atoms with Crippen LogP contribution in [0.4, 0.5) is 4.39 Å². The predicted molar refractivity (Wildman–Crippen MR) is 77.6 cm³/mol. The number of nitrogens with one attached hydrogen (secondary N) is 1. The summed E-state index contributed by atoms with van der Waals surface area (Å²) in [4.78, 5) is 0. The third-order valence-corrected chi connectivity index (χ3v) is 3.45. The second kappa shape index (κ2) is 6.15. The molecule has 2 rings (SSSR count). The number of nitrogens with zero attached hydrogens (tertiary/aromatic N) is 2. The van der Waals surface area contributed by atoms with Crippen LogP contribution < -0.4 is 11.3 Å². The highest BCUT2D eigenvalue weighted by Crippen LogP contribution is 2.25. The molecule has 0 bridgehead atoms. The third-order valence-electron chi connectivity index (χ3n) is 3.45. The van der Waals surface area contributed by atoms with Crippen LogP contribution >= 0.6 is 0 Å². The molecule has 0 saturated heterocycles. The van der Waals surface area contributed by atoms with Gasteiger partial charge in [-0.3, -0.25) is 10.5 Å². The Bertz CT molecular complexity index is 592. The van der Waals surface area contributed by atoms with Crippen LogP contribution in [0.15, 0.2) is 24.3 Å². The van der Waals surface area contributed by atoms with Crippen molar-refractivity contribution in [2.45, 2.75) is 39.8 Å². The molecule has 0 aliphatic heterocycles. The van der Waals surface area contributed by atoms with Gasteiger partial charge in [0.15, 0.2) is 0 Å². The Balaban J connectivity index is 2.51. The maximum Gasteiger partial charge on any atom is 0.128 e. The fourth-order valence-corrected chi connectivity index (χ4v) is 2.36. The molecular formula is C15H21FN4. The number of hydrogen-bond donors (Lipinski definition) is 2. The molecule has 3 N–H and O–H groups in total. The van der Waals surface area contributed by atoms with Gasteiger partial charge in [0.2, 0.25) is 0 Å². The minimum Gasteiger partial charge on any atom is -0.271 e. The summed E-state index contributed by atoms with van der Waals surface area (Å²) in [6, 6.07) is 6.63. The maximum atomic E-state index is 14.1. The van der Waals surface area contributed by atoms with Crippen LogP contribution in [0.25, 0.3) is 0 Å². The van der Waals surface area contributed by atoms with Crippen LogP contribution in [0.3, 0.4) is 0 Å². The van der Waals surface area contributed by atoms with Crippen molar-refractivity contribution in [2.75, 3.05) is 0 Å². The first kappa shape index (κ1) is 14.7. The Hall–Kier alpha value is -1.72. The van der Waals surface area contributed by atoms with Crippen molar-refractivity contribution in [3.05, 3.63) is 52.6 Å². The van der Waals surface area contributed by atoms with Crippen molar-refractivity contribution in [1.29, 1.82) is 0 Å². The lowest BCUT2D eigenvalue weighted by molar-refractivity contribution is 0.514. The standard InChI is InChI=1S/C15H21FN4/c1-4-11-9-14(20(5-2)19-11)15(18-17)12-8-10(3)6-7-13(12)16/h6-9,15,18H,4-5,17H2,1-3H3. The van der Waals surface area contributed by atoms with E-state index in [1.54, 1.807) is 6.07 Å². The summed E-state index contributed by atoms with van der Waals surface area (Å²) >= 11 is 0. The number of nitrogens with two attached hydrogens (primary N) is 1. The van der Waals surface area contributed by atoms with Crippen molar-refractivity contribution in [2.24, 2.45) is 5.84 Å². The van der Waals surface area contributed by atoms with Gasteiger partial charge in [-0.05, 0) is 32.4 Å². The summed E-state index contributed by atoms with van der Waals surface area (Å²) in [7, 11) is 0. The zero-order valence-electron chi connectivity index (χ0n) is 12.2. The normalized spacial score (nSPS) is 12.7. The third kappa shape index (κ3) is 2.73. The van der Waals surface area contributed by atoms with Crippen molar-refractivity contribution >= 4 is 0 Å². The number of hydrazine groups is 1. The van der Waals surface area contributed by atoms with Crippen molar-refractivity contribution in [3.63, 3.8) is 0 Å². The fourth-order valence-electron chi connectivity index (χ4n) is 2.36. The van der Waals surface area contributed by atoms with E-state index in [4.69, 9.17) is 5.84 Å². The monoisotopic (exact) mass is 276 g/mol. The van der Waals surface area contributed by atoms with E-state index >= 15 is 0 Å². The van der Waals surface area contributed by atoms with E-state index in [1.807, 2.05) is 37.6 Å². The SMILES string of the molecule is CCc1cc(C(NN)c2cc(C)ccc2F)n(CC)n1. The van der Waals surface area contributed by atoms with Crippen molar-refractivity contribution in [3.8, 4) is 0 Å². The van der Waals surface area contributed by atoms with Gasteiger partial charge in [-0.1, -0.05) is 24.6 Å². The highest BCUT2D eigenvalue weighted by molar-refractivity contribution is 5.33. The van der Waals surface area contributed by atoms with Gasteiger partial charge in [0.1, 0.15) is 5.82 Å². The maximum absolute atomic E-state index is 14.1. The molecule has 1 unspecified atom stereocenters. The molecule has 0 aliphatic carbocycles. The van der Waals surface area contributed by atoms with Gasteiger partial charge < -0.3 is 0 Å². The van der Waals surface area contributed by atoms with Crippen LogP contribution in [0.1, 0.15) is 42.4 Å². The van der Waals surface area contributed by atoms with Gasteiger partial charge in [0, 0.05) is 12.1 Å². The summed E-state index contributed by atoms with van der Waals surface area (Å²) in [5, 5.41) is 4.49. The molecule has 5 heteroatoms. The first-order valence-corrected chi connectivity index (χ1v) is 6.89. The van der Waals surface area contributed by atoms with Gasteiger partial charge in [-0.25, -0.2) is 9.82 Å². The zero-order valence-corrected chi connectivity index (χ0v) is 12.2. The number of hydrogen-bond acceptors (Lipinski definition) is 3. The Labute approximate surface area is 118 Å². The molecule has 0 saturated carbocycles. The highest BCUT2D eigenvalue weighted by atomic mass is 19.1. The smallest absolute Gasteiger partial charge is 0.128 e. The lowest BCUT2D eigenvalue weighted by atomic mass is 10.0. The summed E-state index contributed by atoms with van der Waals surface area (Å²) in [6.45, 7) is 6.71. The van der Waals surface area contributed by atoms with Crippen LogP contribution in [0.5, 0.6) is 0 Å². The van der Waals surface area contributed by atoms with Crippen LogP contribution in [0, 0.1) is 12.7 Å². The van der Waals surface area contributed by atoms with Gasteiger partial charge in [-0.2, -0.15) is 5.10 Å². The van der Waals surface area contributed by atoms with E-state index in [0.29, 0.717) is 5.56 Å². The van der Waals surface area contributed by atoms with E-state index in [2.05, 4.69) is 10.5 Å². The Morgan fingerprint density at radius 3 is 2.70 bits per heavy atom. The fraction of sp³-hybridized carbons (Fsp3) is 0.400. The van der Waals surface area contributed by atoms with Crippen molar-refractivity contribution in [1.82, 2.24) is 15.2 Å². The van der Waals surface area contributed by atoms with Gasteiger partial charge >= 0.3 is 0 Å². The largest absolute Gasteiger partial charge is 0.271 e. The lowest BCUT2D eigenvalue weighted by Gasteiger charge is -2.18. The average molecular weight is 276 g/mol. The van der Waals surface area contributed by atoms with Crippen molar-refractivity contribution < 1.29 is 4.39 Å². The van der Waals surface area contributed by atoms with E-state index < -0.39 is 6.04 Å². The number of halogens is 1. The van der Waals surface area contributed by atoms with Crippen LogP contribution in [0.2, 0.25) is 0 Å².